The lowest BCUT2D eigenvalue weighted by Gasteiger charge is -2.13. The van der Waals surface area contributed by atoms with E-state index < -0.39 is 0 Å². The number of carbonyl (C=O) groups is 1. The Morgan fingerprint density at radius 1 is 0.581 bits per heavy atom. The molecule has 0 amide bonds. The van der Waals surface area contributed by atoms with Gasteiger partial charge in [0.2, 0.25) is 0 Å². The van der Waals surface area contributed by atoms with Crippen molar-refractivity contribution in [1.29, 1.82) is 0 Å². The highest BCUT2D eigenvalue weighted by Crippen LogP contribution is 2.29. The maximum absolute atomic E-state index is 12.3. The predicted octanol–water partition coefficient (Wildman–Crippen LogP) is 11.5. The number of benzene rings is 1. The van der Waals surface area contributed by atoms with Crippen LogP contribution in [-0.2, 0) is 4.74 Å². The van der Waals surface area contributed by atoms with Gasteiger partial charge in [0.1, 0.15) is 13.2 Å². The normalized spacial score (nSPS) is 12.6. The van der Waals surface area contributed by atoms with E-state index in [0.29, 0.717) is 36.9 Å². The molecular formula is C39H58O4. The van der Waals surface area contributed by atoms with Gasteiger partial charge in [-0.3, -0.25) is 0 Å². The van der Waals surface area contributed by atoms with E-state index in [2.05, 4.69) is 91.8 Å². The second-order valence-corrected chi connectivity index (χ2v) is 11.9. The number of hydrogen-bond donors (Lipinski definition) is 0. The zero-order valence-electron chi connectivity index (χ0n) is 28.6. The molecule has 4 heteroatoms. The predicted molar refractivity (Wildman–Crippen MR) is 184 cm³/mol. The van der Waals surface area contributed by atoms with Crippen LogP contribution in [0.25, 0.3) is 0 Å². The maximum atomic E-state index is 12.3. The molecule has 43 heavy (non-hydrogen) atoms. The number of hydrogen-bond acceptors (Lipinski definition) is 4. The molecule has 0 aliphatic carbocycles. The van der Waals surface area contributed by atoms with E-state index in [1.165, 1.54) is 33.4 Å². The highest BCUT2D eigenvalue weighted by atomic mass is 16.5. The molecule has 0 heterocycles. The Hall–Kier alpha value is -3.27. The van der Waals surface area contributed by atoms with Crippen molar-refractivity contribution < 1.29 is 19.0 Å². The Kier molecular flexibility index (Phi) is 19.6. The van der Waals surface area contributed by atoms with Gasteiger partial charge in [0.25, 0.3) is 0 Å². The molecule has 0 N–H and O–H groups in total. The first kappa shape index (κ1) is 37.8. The topological polar surface area (TPSA) is 44.8 Å². The van der Waals surface area contributed by atoms with E-state index in [9.17, 15) is 4.79 Å². The molecular weight excluding hydrogens is 532 g/mol. The Morgan fingerprint density at radius 3 is 1.44 bits per heavy atom. The van der Waals surface area contributed by atoms with Crippen molar-refractivity contribution in [3.05, 3.63) is 93.7 Å². The van der Waals surface area contributed by atoms with Crippen molar-refractivity contribution in [2.45, 2.75) is 114 Å². The molecule has 0 aromatic heterocycles. The van der Waals surface area contributed by atoms with Crippen LogP contribution in [-0.4, -0.2) is 25.8 Å². The first-order valence-electron chi connectivity index (χ1n) is 16.0. The summed E-state index contributed by atoms with van der Waals surface area (Å²) in [4.78, 5) is 12.3. The number of esters is 1. The van der Waals surface area contributed by atoms with Crippen molar-refractivity contribution in [3.63, 3.8) is 0 Å². The van der Waals surface area contributed by atoms with Gasteiger partial charge in [0, 0.05) is 0 Å². The zero-order valence-corrected chi connectivity index (χ0v) is 28.6. The van der Waals surface area contributed by atoms with Crippen LogP contribution >= 0.6 is 0 Å². The molecule has 1 aromatic carbocycles. The van der Waals surface area contributed by atoms with Crippen LogP contribution in [0.3, 0.4) is 0 Å². The van der Waals surface area contributed by atoms with Crippen molar-refractivity contribution >= 4 is 5.97 Å². The van der Waals surface area contributed by atoms with Crippen LogP contribution in [0.5, 0.6) is 11.5 Å². The first-order chi connectivity index (χ1) is 20.5. The van der Waals surface area contributed by atoms with Crippen LogP contribution < -0.4 is 9.47 Å². The minimum absolute atomic E-state index is 0.326. The smallest absolute Gasteiger partial charge is 0.338 e. The quantitative estimate of drug-likeness (QED) is 0.112. The molecule has 0 bridgehead atoms. The largest absolute Gasteiger partial charge is 0.486 e. The van der Waals surface area contributed by atoms with Crippen LogP contribution in [0.1, 0.15) is 124 Å². The molecule has 0 aliphatic rings. The fourth-order valence-corrected chi connectivity index (χ4v) is 4.31. The summed E-state index contributed by atoms with van der Waals surface area (Å²) < 4.78 is 17.4. The second kappa shape index (κ2) is 22.3. The van der Waals surface area contributed by atoms with Crippen LogP contribution in [0.4, 0.5) is 0 Å². The molecule has 1 aromatic rings. The average Bonchev–Trinajstić information content (AvgIpc) is 2.93. The van der Waals surface area contributed by atoms with Crippen LogP contribution in [0.2, 0.25) is 0 Å². The molecule has 238 valence electrons. The van der Waals surface area contributed by atoms with Gasteiger partial charge in [-0.05, 0) is 144 Å². The van der Waals surface area contributed by atoms with Gasteiger partial charge < -0.3 is 14.2 Å². The maximum Gasteiger partial charge on any atom is 0.338 e. The SMILES string of the molecule is CCOC(=O)c1ccc(OCC=C(C)CCC=C(C)CCC=C(C)C)c(OCC=C(C)CCC=C(C)CCC=C(C)C)c1. The summed E-state index contributed by atoms with van der Waals surface area (Å²) in [5, 5.41) is 0. The fraction of sp³-hybridized carbons (Fsp3) is 0.513. The van der Waals surface area contributed by atoms with Gasteiger partial charge in [-0.2, -0.15) is 0 Å². The highest BCUT2D eigenvalue weighted by Gasteiger charge is 2.12. The van der Waals surface area contributed by atoms with Gasteiger partial charge in [-0.1, -0.05) is 57.7 Å². The lowest BCUT2D eigenvalue weighted by molar-refractivity contribution is 0.0526. The van der Waals surface area contributed by atoms with E-state index in [1.54, 1.807) is 25.1 Å². The Labute approximate surface area is 263 Å². The minimum atomic E-state index is -0.364. The molecule has 1 rings (SSSR count). The number of allylic oxidation sites excluding steroid dienone is 10. The molecule has 0 saturated heterocycles. The summed E-state index contributed by atoms with van der Waals surface area (Å²) >= 11 is 0. The van der Waals surface area contributed by atoms with E-state index in [-0.39, 0.29) is 5.97 Å². The summed E-state index contributed by atoms with van der Waals surface area (Å²) in [6, 6.07) is 5.24. The lowest BCUT2D eigenvalue weighted by Crippen LogP contribution is -2.07. The van der Waals surface area contributed by atoms with Gasteiger partial charge in [-0.15, -0.1) is 0 Å². The Morgan fingerprint density at radius 2 is 1.00 bits per heavy atom. The van der Waals surface area contributed by atoms with Crippen molar-refractivity contribution in [2.24, 2.45) is 0 Å². The molecule has 4 nitrogen and oxygen atoms in total. The number of carbonyl (C=O) groups excluding carboxylic acids is 1. The van der Waals surface area contributed by atoms with Gasteiger partial charge in [0.05, 0.1) is 12.2 Å². The summed E-state index contributed by atoms with van der Waals surface area (Å²) in [5.74, 6) is 0.802. The summed E-state index contributed by atoms with van der Waals surface area (Å²) in [6.07, 6.45) is 22.0. The molecule has 0 atom stereocenters. The van der Waals surface area contributed by atoms with E-state index in [4.69, 9.17) is 14.2 Å². The molecule has 0 aliphatic heterocycles. The molecule has 0 unspecified atom stereocenters. The summed E-state index contributed by atoms with van der Waals surface area (Å²) in [7, 11) is 0. The first-order valence-corrected chi connectivity index (χ1v) is 16.0. The highest BCUT2D eigenvalue weighted by molar-refractivity contribution is 5.90. The van der Waals surface area contributed by atoms with Gasteiger partial charge in [0.15, 0.2) is 11.5 Å². The minimum Gasteiger partial charge on any atom is -0.486 e. The van der Waals surface area contributed by atoms with Gasteiger partial charge in [-0.25, -0.2) is 4.79 Å². The Bertz CT molecular complexity index is 1170. The molecule has 0 radical (unpaired) electrons. The molecule has 0 spiro atoms. The van der Waals surface area contributed by atoms with Crippen molar-refractivity contribution in [2.75, 3.05) is 19.8 Å². The molecule has 0 saturated carbocycles. The average molecular weight is 591 g/mol. The lowest BCUT2D eigenvalue weighted by atomic mass is 10.1. The van der Waals surface area contributed by atoms with E-state index in [0.717, 1.165) is 51.4 Å². The van der Waals surface area contributed by atoms with E-state index in [1.807, 2.05) is 0 Å². The van der Waals surface area contributed by atoms with E-state index >= 15 is 0 Å². The monoisotopic (exact) mass is 590 g/mol. The summed E-state index contributed by atoms with van der Waals surface area (Å²) in [6.45, 7) is 20.3. The van der Waals surface area contributed by atoms with Crippen LogP contribution in [0, 0.1) is 0 Å². The molecule has 0 fully saturated rings. The van der Waals surface area contributed by atoms with Crippen molar-refractivity contribution in [3.8, 4) is 11.5 Å². The third-order valence-electron chi connectivity index (χ3n) is 7.04. The Balaban J connectivity index is 2.74. The van der Waals surface area contributed by atoms with Crippen LogP contribution in [0.15, 0.2) is 88.1 Å². The standard InChI is InChI=1S/C39H58O4/c1-10-41-39(40)36-23-24-37(42-27-25-34(8)21-13-19-32(6)17-11-15-30(2)3)38(29-36)43-28-26-35(9)22-14-20-33(7)18-12-16-31(4)5/h15-16,19-20,23-26,29H,10-14,17-18,21-22,27-28H2,1-9H3. The third-order valence-corrected chi connectivity index (χ3v) is 7.04. The third kappa shape index (κ3) is 18.8. The number of rotatable bonds is 20. The zero-order chi connectivity index (χ0) is 32.0. The van der Waals surface area contributed by atoms with Crippen molar-refractivity contribution in [1.82, 2.24) is 0 Å². The fourth-order valence-electron chi connectivity index (χ4n) is 4.31. The summed E-state index contributed by atoms with van der Waals surface area (Å²) in [5.41, 5.74) is 8.65. The number of ether oxygens (including phenoxy) is 3. The van der Waals surface area contributed by atoms with Gasteiger partial charge >= 0.3 is 5.97 Å². The second-order valence-electron chi connectivity index (χ2n) is 11.9.